The predicted molar refractivity (Wildman–Crippen MR) is 108 cm³/mol. The van der Waals surface area contributed by atoms with Gasteiger partial charge < -0.3 is 4.57 Å². The van der Waals surface area contributed by atoms with Crippen LogP contribution in [0.25, 0.3) is 44.0 Å². The largest absolute Gasteiger partial charge is 0.313 e. The van der Waals surface area contributed by atoms with Crippen molar-refractivity contribution in [2.45, 2.75) is 6.92 Å². The molecule has 0 unspecified atom stereocenters. The van der Waals surface area contributed by atoms with Gasteiger partial charge in [0.25, 0.3) is 0 Å². The molecule has 0 amide bonds. The van der Waals surface area contributed by atoms with Crippen LogP contribution in [0.2, 0.25) is 0 Å². The van der Waals surface area contributed by atoms with Crippen LogP contribution in [-0.2, 0) is 7.05 Å². The molecule has 0 spiro atoms. The number of nitrogens with zero attached hydrogens (tertiary/aromatic N) is 4. The molecule has 0 saturated heterocycles. The maximum absolute atomic E-state index is 4.88. The quantitative estimate of drug-likeness (QED) is 0.386. The van der Waals surface area contributed by atoms with Gasteiger partial charge in [0, 0.05) is 18.0 Å². The van der Waals surface area contributed by atoms with Gasteiger partial charge in [-0.15, -0.1) is 11.3 Å². The molecule has 0 aliphatic heterocycles. The molecular formula is C20H16N4S. The molecule has 0 bridgehead atoms. The molecule has 0 atom stereocenters. The van der Waals surface area contributed by atoms with E-state index in [1.165, 1.54) is 21.1 Å². The Kier molecular flexibility index (Phi) is 2.91. The van der Waals surface area contributed by atoms with Gasteiger partial charge in [-0.3, -0.25) is 9.39 Å². The van der Waals surface area contributed by atoms with Crippen molar-refractivity contribution in [2.75, 3.05) is 0 Å². The van der Waals surface area contributed by atoms with Crippen LogP contribution in [0.4, 0.5) is 5.00 Å². The minimum absolute atomic E-state index is 0.954. The molecule has 3 heterocycles. The van der Waals surface area contributed by atoms with Crippen molar-refractivity contribution in [3.8, 4) is 0 Å². The number of thiophene rings is 1. The number of benzene rings is 2. The zero-order valence-electron chi connectivity index (χ0n) is 14.0. The van der Waals surface area contributed by atoms with E-state index in [0.717, 1.165) is 27.4 Å². The van der Waals surface area contributed by atoms with Gasteiger partial charge in [0.1, 0.15) is 5.00 Å². The zero-order chi connectivity index (χ0) is 17.1. The fraction of sp³-hybridized carbons (Fsp3) is 0.100. The maximum atomic E-state index is 4.88. The SMILES string of the molecule is C=Nc1sc2c(ccc3nc4n(C)c5ccccc5n4c32)c1/C=C\C. The van der Waals surface area contributed by atoms with Crippen molar-refractivity contribution >= 4 is 67.1 Å². The van der Waals surface area contributed by atoms with Gasteiger partial charge in [0.05, 0.1) is 26.8 Å². The normalized spacial score (nSPS) is 12.4. The number of hydrogen-bond donors (Lipinski definition) is 0. The number of para-hydroxylation sites is 2. The van der Waals surface area contributed by atoms with Gasteiger partial charge in [-0.05, 0) is 31.8 Å². The Bertz CT molecular complexity index is 1330. The summed E-state index contributed by atoms with van der Waals surface area (Å²) in [4.78, 5) is 9.13. The maximum Gasteiger partial charge on any atom is 0.215 e. The van der Waals surface area contributed by atoms with Crippen molar-refractivity contribution in [3.63, 3.8) is 0 Å². The summed E-state index contributed by atoms with van der Waals surface area (Å²) < 4.78 is 5.61. The smallest absolute Gasteiger partial charge is 0.215 e. The molecule has 4 nitrogen and oxygen atoms in total. The number of hydrogen-bond acceptors (Lipinski definition) is 3. The van der Waals surface area contributed by atoms with Crippen LogP contribution < -0.4 is 0 Å². The van der Waals surface area contributed by atoms with Crippen molar-refractivity contribution < 1.29 is 0 Å². The lowest BCUT2D eigenvalue weighted by Crippen LogP contribution is -1.87. The van der Waals surface area contributed by atoms with Gasteiger partial charge in [-0.25, -0.2) is 4.98 Å². The highest BCUT2D eigenvalue weighted by atomic mass is 32.1. The summed E-state index contributed by atoms with van der Waals surface area (Å²) in [6, 6.07) is 12.7. The van der Waals surface area contributed by atoms with Gasteiger partial charge in [-0.2, -0.15) is 0 Å². The fourth-order valence-electron chi connectivity index (χ4n) is 3.65. The first-order valence-corrected chi connectivity index (χ1v) is 8.96. The lowest BCUT2D eigenvalue weighted by atomic mass is 10.1. The lowest BCUT2D eigenvalue weighted by molar-refractivity contribution is 0.974. The molecule has 3 aromatic heterocycles. The van der Waals surface area contributed by atoms with Crippen LogP contribution in [0.15, 0.2) is 47.5 Å². The Labute approximate surface area is 148 Å². The Morgan fingerprint density at radius 1 is 1.16 bits per heavy atom. The molecule has 2 aromatic carbocycles. The van der Waals surface area contributed by atoms with E-state index in [2.05, 4.69) is 70.2 Å². The topological polar surface area (TPSA) is 34.6 Å². The average molecular weight is 344 g/mol. The second-order valence-corrected chi connectivity index (χ2v) is 7.08. The number of fused-ring (bicyclic) bond motifs is 7. The Hall–Kier alpha value is -2.92. The number of allylic oxidation sites excluding steroid dienone is 1. The average Bonchev–Trinajstić information content (AvgIpc) is 3.26. The molecule has 5 rings (SSSR count). The third-order valence-electron chi connectivity index (χ3n) is 4.73. The highest BCUT2D eigenvalue weighted by Gasteiger charge is 2.19. The van der Waals surface area contributed by atoms with Crippen LogP contribution in [0.3, 0.4) is 0 Å². The third-order valence-corrected chi connectivity index (χ3v) is 5.89. The molecule has 5 heteroatoms. The summed E-state index contributed by atoms with van der Waals surface area (Å²) in [6.45, 7) is 5.78. The first-order chi connectivity index (χ1) is 12.2. The number of aromatic nitrogens is 3. The van der Waals surface area contributed by atoms with E-state index in [-0.39, 0.29) is 0 Å². The number of rotatable bonds is 2. The molecule has 5 aromatic rings. The number of aliphatic imine (C=N–C) groups is 1. The van der Waals surface area contributed by atoms with E-state index < -0.39 is 0 Å². The van der Waals surface area contributed by atoms with Crippen molar-refractivity contribution in [1.29, 1.82) is 0 Å². The summed E-state index contributed by atoms with van der Waals surface area (Å²) >= 11 is 1.68. The highest BCUT2D eigenvalue weighted by Crippen LogP contribution is 2.42. The van der Waals surface area contributed by atoms with Crippen LogP contribution in [-0.4, -0.2) is 20.7 Å². The van der Waals surface area contributed by atoms with E-state index in [9.17, 15) is 0 Å². The number of aryl methyl sites for hydroxylation is 1. The molecule has 0 aliphatic carbocycles. The van der Waals surface area contributed by atoms with Crippen LogP contribution in [0.1, 0.15) is 12.5 Å². The second kappa shape index (κ2) is 5.04. The van der Waals surface area contributed by atoms with E-state index >= 15 is 0 Å². The summed E-state index contributed by atoms with van der Waals surface area (Å²) in [5.41, 5.74) is 5.64. The van der Waals surface area contributed by atoms with Crippen LogP contribution in [0.5, 0.6) is 0 Å². The van der Waals surface area contributed by atoms with E-state index in [1.54, 1.807) is 11.3 Å². The summed E-state index contributed by atoms with van der Waals surface area (Å²) in [5, 5.41) is 2.16. The molecule has 25 heavy (non-hydrogen) atoms. The number of imidazole rings is 2. The molecule has 122 valence electrons. The molecular weight excluding hydrogens is 328 g/mol. The van der Waals surface area contributed by atoms with Crippen molar-refractivity contribution in [3.05, 3.63) is 48.0 Å². The molecule has 0 N–H and O–H groups in total. The second-order valence-electron chi connectivity index (χ2n) is 6.08. The van der Waals surface area contributed by atoms with E-state index in [0.29, 0.717) is 0 Å². The monoisotopic (exact) mass is 344 g/mol. The summed E-state index contributed by atoms with van der Waals surface area (Å²) in [7, 11) is 2.07. The van der Waals surface area contributed by atoms with E-state index in [1.807, 2.05) is 13.0 Å². The molecule has 0 aliphatic rings. The summed E-state index contributed by atoms with van der Waals surface area (Å²) in [5.74, 6) is 0.956. The Balaban J connectivity index is 2.08. The Morgan fingerprint density at radius 2 is 1.96 bits per heavy atom. The van der Waals surface area contributed by atoms with Gasteiger partial charge in [0.2, 0.25) is 5.78 Å². The zero-order valence-corrected chi connectivity index (χ0v) is 14.8. The Morgan fingerprint density at radius 3 is 2.72 bits per heavy atom. The van der Waals surface area contributed by atoms with E-state index in [4.69, 9.17) is 4.98 Å². The lowest BCUT2D eigenvalue weighted by Gasteiger charge is -1.97. The van der Waals surface area contributed by atoms with Crippen LogP contribution in [0, 0.1) is 0 Å². The standard InChI is InChI=1S/C20H16N4S/c1-4-7-13-12-10-11-14-17(18(12)25-19(13)21-2)24-16-9-6-5-8-15(16)23(3)20(24)22-14/h4-11H,2H2,1,3H3/b7-4-. The van der Waals surface area contributed by atoms with Crippen molar-refractivity contribution in [1.82, 2.24) is 14.0 Å². The van der Waals surface area contributed by atoms with Gasteiger partial charge in [0.15, 0.2) is 0 Å². The minimum atomic E-state index is 0.954. The first-order valence-electron chi connectivity index (χ1n) is 8.15. The third kappa shape index (κ3) is 1.76. The first kappa shape index (κ1) is 14.4. The molecule has 0 saturated carbocycles. The minimum Gasteiger partial charge on any atom is -0.313 e. The molecule has 0 radical (unpaired) electrons. The molecule has 0 fully saturated rings. The summed E-state index contributed by atoms with van der Waals surface area (Å²) in [6.07, 6.45) is 4.15. The van der Waals surface area contributed by atoms with Crippen molar-refractivity contribution in [2.24, 2.45) is 12.0 Å². The predicted octanol–water partition coefficient (Wildman–Crippen LogP) is 5.56. The van der Waals surface area contributed by atoms with Gasteiger partial charge in [-0.1, -0.05) is 30.4 Å². The van der Waals surface area contributed by atoms with Crippen LogP contribution >= 0.6 is 11.3 Å². The van der Waals surface area contributed by atoms with Gasteiger partial charge >= 0.3 is 0 Å². The highest BCUT2D eigenvalue weighted by molar-refractivity contribution is 7.23. The fourth-order valence-corrected chi connectivity index (χ4v) is 4.78.